The number of aromatic nitrogens is 2. The van der Waals surface area contributed by atoms with E-state index in [9.17, 15) is 14.1 Å². The van der Waals surface area contributed by atoms with E-state index >= 15 is 0 Å². The fourth-order valence-corrected chi connectivity index (χ4v) is 6.11. The highest BCUT2D eigenvalue weighted by Crippen LogP contribution is 2.40. The van der Waals surface area contributed by atoms with Crippen LogP contribution in [0.4, 0.5) is 0 Å². The first-order valence-corrected chi connectivity index (χ1v) is 14.6. The van der Waals surface area contributed by atoms with Crippen LogP contribution in [0.15, 0.2) is 35.4 Å². The summed E-state index contributed by atoms with van der Waals surface area (Å²) in [6, 6.07) is 6.85. The summed E-state index contributed by atoms with van der Waals surface area (Å²) in [5.41, 5.74) is 1.88. The molecule has 2 aromatic rings. The van der Waals surface area contributed by atoms with Gasteiger partial charge in [0.15, 0.2) is 4.90 Å². The molecule has 0 spiro atoms. The van der Waals surface area contributed by atoms with Crippen molar-refractivity contribution in [1.82, 2.24) is 19.8 Å². The lowest BCUT2D eigenvalue weighted by atomic mass is 10.0. The number of carbonyl (C=O) groups is 2. The van der Waals surface area contributed by atoms with Gasteiger partial charge in [-0.05, 0) is 43.9 Å². The van der Waals surface area contributed by atoms with Crippen LogP contribution < -0.4 is 9.88 Å². The number of hydrogen-bond donors (Lipinski definition) is 1. The van der Waals surface area contributed by atoms with Gasteiger partial charge in [-0.2, -0.15) is 0 Å². The van der Waals surface area contributed by atoms with Crippen LogP contribution in [-0.4, -0.2) is 82.1 Å². The summed E-state index contributed by atoms with van der Waals surface area (Å²) in [5.74, 6) is 1.59. The lowest BCUT2D eigenvalue weighted by Gasteiger charge is -2.23. The molecule has 4 atom stereocenters. The van der Waals surface area contributed by atoms with Gasteiger partial charge < -0.3 is 23.8 Å². The summed E-state index contributed by atoms with van der Waals surface area (Å²) < 4.78 is 23.0. The van der Waals surface area contributed by atoms with E-state index in [0.29, 0.717) is 73.3 Å². The highest BCUT2D eigenvalue weighted by atomic mass is 32.2. The zero-order valence-corrected chi connectivity index (χ0v) is 22.1. The van der Waals surface area contributed by atoms with Crippen molar-refractivity contribution in [2.24, 2.45) is 22.9 Å². The number of hydrogen-bond acceptors (Lipinski definition) is 8. The Morgan fingerprint density at radius 2 is 1.82 bits per heavy atom. The third-order valence-electron chi connectivity index (χ3n) is 8.03. The molecule has 38 heavy (non-hydrogen) atoms. The van der Waals surface area contributed by atoms with Gasteiger partial charge in [-0.1, -0.05) is 0 Å². The molecule has 1 aliphatic carbocycles. The van der Waals surface area contributed by atoms with Crippen LogP contribution in [0.1, 0.15) is 58.1 Å². The van der Waals surface area contributed by atoms with Crippen molar-refractivity contribution < 1.29 is 23.6 Å². The minimum absolute atomic E-state index is 0.000494. The van der Waals surface area contributed by atoms with Gasteiger partial charge in [0.25, 0.3) is 11.8 Å². The Kier molecular flexibility index (Phi) is 7.26. The van der Waals surface area contributed by atoms with E-state index in [0.717, 1.165) is 38.0 Å². The summed E-state index contributed by atoms with van der Waals surface area (Å²) in [7, 11) is 0. The number of amides is 2. The average molecular weight is 540 g/mol. The van der Waals surface area contributed by atoms with Gasteiger partial charge in [0.1, 0.15) is 5.69 Å². The van der Waals surface area contributed by atoms with Gasteiger partial charge in [-0.15, -0.1) is 5.14 Å². The fraction of sp³-hybridized carbons (Fsp3) is 0.556. The number of rotatable bonds is 7. The van der Waals surface area contributed by atoms with Crippen LogP contribution in [0.2, 0.25) is 0 Å². The van der Waals surface area contributed by atoms with Crippen LogP contribution in [0.5, 0.6) is 5.88 Å². The molecule has 10 nitrogen and oxygen atoms in total. The standard InChI is InChI=1S/C27H33N5O5S/c28-38(35)22-5-6-23(29-10-22)27(34)32-13-20-11-31(12-21(20)14-32)26(33)19-8-24(18-3-4-18)30-25(9-19)37-16-17-2-1-7-36-15-17/h5-6,8-10,17-18,20-21H,1-4,7,11-16,28H2. The number of fused-ring (bicyclic) bond motifs is 1. The molecule has 6 rings (SSSR count). The quantitative estimate of drug-likeness (QED) is 0.528. The maximum absolute atomic E-state index is 13.6. The van der Waals surface area contributed by atoms with Gasteiger partial charge in [-0.3, -0.25) is 9.59 Å². The monoisotopic (exact) mass is 539 g/mol. The molecule has 1 saturated carbocycles. The molecule has 4 aliphatic rings. The first kappa shape index (κ1) is 25.5. The first-order valence-electron chi connectivity index (χ1n) is 13.4. The molecular weight excluding hydrogens is 506 g/mol. The highest BCUT2D eigenvalue weighted by Gasteiger charge is 2.43. The Bertz CT molecular complexity index is 1170. The summed E-state index contributed by atoms with van der Waals surface area (Å²) in [4.78, 5) is 39.5. The molecule has 0 radical (unpaired) electrons. The second-order valence-electron chi connectivity index (χ2n) is 10.9. The highest BCUT2D eigenvalue weighted by molar-refractivity contribution is 7.89. The molecule has 5 heterocycles. The maximum atomic E-state index is 13.6. The minimum atomic E-state index is -1.63. The summed E-state index contributed by atoms with van der Waals surface area (Å²) in [6.07, 6.45) is 5.71. The van der Waals surface area contributed by atoms with Gasteiger partial charge in [0.05, 0.1) is 30.8 Å². The Morgan fingerprint density at radius 3 is 2.42 bits per heavy atom. The molecule has 3 aliphatic heterocycles. The average Bonchev–Trinajstić information content (AvgIpc) is 3.61. The molecule has 11 heteroatoms. The molecule has 3 saturated heterocycles. The van der Waals surface area contributed by atoms with Crippen molar-refractivity contribution in [2.75, 3.05) is 46.0 Å². The van der Waals surface area contributed by atoms with Crippen LogP contribution in [0.3, 0.4) is 0 Å². The van der Waals surface area contributed by atoms with E-state index in [1.807, 2.05) is 11.0 Å². The second kappa shape index (κ2) is 10.8. The van der Waals surface area contributed by atoms with Gasteiger partial charge in [-0.25, -0.2) is 9.97 Å². The third kappa shape index (κ3) is 5.51. The molecule has 2 amide bonds. The molecule has 202 valence electrons. The predicted octanol–water partition coefficient (Wildman–Crippen LogP) is 1.98. The van der Waals surface area contributed by atoms with Crippen molar-refractivity contribution in [2.45, 2.75) is 36.5 Å². The molecule has 0 aromatic carbocycles. The molecule has 4 fully saturated rings. The van der Waals surface area contributed by atoms with E-state index in [2.05, 4.69) is 4.98 Å². The predicted molar refractivity (Wildman–Crippen MR) is 139 cm³/mol. The van der Waals surface area contributed by atoms with E-state index < -0.39 is 11.4 Å². The SMILES string of the molecule is N[S+]([O-])c1ccc(C(=O)N2CC3CN(C(=O)c4cc(OCC5CCCOC5)nc(C5CC5)c4)CC3C2)nc1. The maximum Gasteiger partial charge on any atom is 0.272 e. The van der Waals surface area contributed by atoms with Gasteiger partial charge in [0, 0.05) is 73.8 Å². The molecule has 4 unspecified atom stereocenters. The lowest BCUT2D eigenvalue weighted by molar-refractivity contribution is 0.0343. The van der Waals surface area contributed by atoms with Crippen LogP contribution in [0, 0.1) is 17.8 Å². The van der Waals surface area contributed by atoms with Crippen molar-refractivity contribution >= 4 is 23.2 Å². The van der Waals surface area contributed by atoms with Crippen LogP contribution in [0.25, 0.3) is 0 Å². The van der Waals surface area contributed by atoms with Crippen molar-refractivity contribution in [3.05, 3.63) is 47.4 Å². The van der Waals surface area contributed by atoms with Crippen LogP contribution >= 0.6 is 0 Å². The Hall–Kier alpha value is -2.73. The summed E-state index contributed by atoms with van der Waals surface area (Å²) >= 11 is -1.63. The minimum Gasteiger partial charge on any atom is -0.593 e. The van der Waals surface area contributed by atoms with E-state index in [-0.39, 0.29) is 23.7 Å². The third-order valence-corrected chi connectivity index (χ3v) is 8.74. The molecule has 0 bridgehead atoms. The van der Waals surface area contributed by atoms with Crippen LogP contribution in [-0.2, 0) is 16.1 Å². The number of pyridine rings is 2. The van der Waals surface area contributed by atoms with E-state index in [1.54, 1.807) is 23.1 Å². The largest absolute Gasteiger partial charge is 0.593 e. The van der Waals surface area contributed by atoms with Crippen molar-refractivity contribution in [3.8, 4) is 5.88 Å². The zero-order chi connectivity index (χ0) is 26.2. The Morgan fingerprint density at radius 1 is 1.08 bits per heavy atom. The zero-order valence-electron chi connectivity index (χ0n) is 21.3. The Balaban J connectivity index is 1.08. The van der Waals surface area contributed by atoms with Gasteiger partial charge >= 0.3 is 0 Å². The molecule has 2 N–H and O–H groups in total. The topological polar surface area (TPSA) is 134 Å². The van der Waals surface area contributed by atoms with E-state index in [1.165, 1.54) is 6.20 Å². The molecule has 2 aromatic heterocycles. The van der Waals surface area contributed by atoms with Crippen molar-refractivity contribution in [3.63, 3.8) is 0 Å². The number of nitrogens with two attached hydrogens (primary N) is 1. The normalized spacial score (nSPS) is 25.8. The number of nitrogens with zero attached hydrogens (tertiary/aromatic N) is 4. The molecular formula is C27H33N5O5S. The van der Waals surface area contributed by atoms with Crippen molar-refractivity contribution in [1.29, 1.82) is 0 Å². The fourth-order valence-electron chi connectivity index (χ4n) is 5.75. The number of ether oxygens (including phenoxy) is 2. The summed E-state index contributed by atoms with van der Waals surface area (Å²) in [5, 5.41) is 5.37. The van der Waals surface area contributed by atoms with Gasteiger partial charge in [0.2, 0.25) is 5.88 Å². The first-order chi connectivity index (χ1) is 18.4. The summed E-state index contributed by atoms with van der Waals surface area (Å²) in [6.45, 7) is 4.47. The van der Waals surface area contributed by atoms with E-state index in [4.69, 9.17) is 19.6 Å². The lowest BCUT2D eigenvalue weighted by Crippen LogP contribution is -2.36. The Labute approximate surface area is 225 Å². The smallest absolute Gasteiger partial charge is 0.272 e. The number of likely N-dealkylation sites (tertiary alicyclic amines) is 2. The second-order valence-corrected chi connectivity index (χ2v) is 12.0. The number of carbonyl (C=O) groups excluding carboxylic acids is 2.